The molecular weight excluding hydrogens is 488 g/mol. The monoisotopic (exact) mass is 530 g/mol. The molecule has 0 unspecified atom stereocenters. The molecule has 0 aliphatic carbocycles. The smallest absolute Gasteiger partial charge is 0.228 e. The molecule has 0 bridgehead atoms. The number of amides is 2. The maximum Gasteiger partial charge on any atom is 0.228 e. The van der Waals surface area contributed by atoms with Gasteiger partial charge in [0.05, 0.1) is 23.0 Å². The highest BCUT2D eigenvalue weighted by Crippen LogP contribution is 2.39. The number of nitrogens with zero attached hydrogens (tertiary/aromatic N) is 4. The van der Waals surface area contributed by atoms with Gasteiger partial charge in [-0.05, 0) is 62.8 Å². The first-order valence-electron chi connectivity index (χ1n) is 14.7. The number of carbonyl (C=O) groups excluding carboxylic acids is 2. The molecular formula is C32H42N4O3. The van der Waals surface area contributed by atoms with Crippen molar-refractivity contribution in [1.29, 1.82) is 0 Å². The van der Waals surface area contributed by atoms with Gasteiger partial charge in [-0.1, -0.05) is 43.2 Å². The summed E-state index contributed by atoms with van der Waals surface area (Å²) < 4.78 is 8.30. The fourth-order valence-corrected chi connectivity index (χ4v) is 6.41. The number of rotatable bonds is 4. The van der Waals surface area contributed by atoms with E-state index in [1.165, 1.54) is 5.56 Å². The highest BCUT2D eigenvalue weighted by molar-refractivity contribution is 5.83. The minimum absolute atomic E-state index is 0.163. The second-order valence-corrected chi connectivity index (χ2v) is 11.2. The van der Waals surface area contributed by atoms with Crippen LogP contribution in [0.15, 0.2) is 48.5 Å². The third kappa shape index (κ3) is 5.97. The minimum atomic E-state index is -0.386. The van der Waals surface area contributed by atoms with Gasteiger partial charge in [0.2, 0.25) is 11.8 Å². The van der Waals surface area contributed by atoms with Gasteiger partial charge in [0, 0.05) is 39.5 Å². The molecule has 39 heavy (non-hydrogen) atoms. The summed E-state index contributed by atoms with van der Waals surface area (Å²) in [6.07, 6.45) is 7.65. The molecule has 7 nitrogen and oxygen atoms in total. The SMILES string of the molecule is CCn1c(CCC(=O)N2CCC3(CCCCCc4ccccc4OCCN(C)C3=O)CC2)nc2ccccc21. The summed E-state index contributed by atoms with van der Waals surface area (Å²) in [4.78, 5) is 35.6. The molecule has 2 amide bonds. The summed E-state index contributed by atoms with van der Waals surface area (Å²) in [6, 6.07) is 16.4. The van der Waals surface area contributed by atoms with Gasteiger partial charge in [-0.3, -0.25) is 9.59 Å². The number of likely N-dealkylation sites (tertiary alicyclic amines) is 1. The molecule has 7 heteroatoms. The average Bonchev–Trinajstić information content (AvgIpc) is 3.33. The Kier molecular flexibility index (Phi) is 8.53. The Labute approximate surface area is 232 Å². The highest BCUT2D eigenvalue weighted by Gasteiger charge is 2.43. The lowest BCUT2D eigenvalue weighted by atomic mass is 9.73. The Bertz CT molecular complexity index is 1290. The van der Waals surface area contributed by atoms with Crippen molar-refractivity contribution >= 4 is 22.8 Å². The molecule has 0 radical (unpaired) electrons. The predicted molar refractivity (Wildman–Crippen MR) is 154 cm³/mol. The van der Waals surface area contributed by atoms with E-state index in [1.807, 2.05) is 47.2 Å². The molecule has 1 fully saturated rings. The van der Waals surface area contributed by atoms with Crippen molar-refractivity contribution in [2.24, 2.45) is 5.41 Å². The number of hydrogen-bond donors (Lipinski definition) is 0. The third-order valence-corrected chi connectivity index (χ3v) is 8.74. The summed E-state index contributed by atoms with van der Waals surface area (Å²) in [6.45, 7) is 5.30. The molecule has 1 spiro atoms. The van der Waals surface area contributed by atoms with E-state index in [-0.39, 0.29) is 17.2 Å². The molecule has 1 saturated heterocycles. The number of aromatic nitrogens is 2. The number of ether oxygens (including phenoxy) is 1. The minimum Gasteiger partial charge on any atom is -0.491 e. The zero-order chi connectivity index (χ0) is 27.2. The largest absolute Gasteiger partial charge is 0.491 e. The Morgan fingerprint density at radius 1 is 0.974 bits per heavy atom. The number of piperidine rings is 1. The van der Waals surface area contributed by atoms with Crippen LogP contribution in [0.2, 0.25) is 0 Å². The third-order valence-electron chi connectivity index (χ3n) is 8.74. The van der Waals surface area contributed by atoms with E-state index in [0.29, 0.717) is 39.1 Å². The molecule has 0 N–H and O–H groups in total. The Balaban J connectivity index is 1.20. The normalized spacial score (nSPS) is 18.7. The standard InChI is InChI=1S/C32H42N4O3/c1-3-36-27-14-8-7-13-26(27)33-29(36)16-17-30(37)35-21-19-32(20-22-35)18-10-4-5-11-25-12-6-9-15-28(25)39-24-23-34(2)31(32)38/h6-9,12-15H,3-5,10-11,16-24H2,1-2H3. The van der Waals surface area contributed by atoms with Crippen molar-refractivity contribution in [3.63, 3.8) is 0 Å². The van der Waals surface area contributed by atoms with Crippen molar-refractivity contribution in [2.75, 3.05) is 33.3 Å². The molecule has 2 aliphatic rings. The van der Waals surface area contributed by atoms with E-state index in [4.69, 9.17) is 9.72 Å². The first kappa shape index (κ1) is 27.2. The first-order valence-corrected chi connectivity index (χ1v) is 14.7. The molecule has 3 heterocycles. The van der Waals surface area contributed by atoms with Crippen LogP contribution >= 0.6 is 0 Å². The second kappa shape index (κ2) is 12.2. The molecule has 0 atom stereocenters. The Morgan fingerprint density at radius 3 is 2.56 bits per heavy atom. The lowest BCUT2D eigenvalue weighted by molar-refractivity contribution is -0.148. The fraction of sp³-hybridized carbons (Fsp3) is 0.531. The fourth-order valence-electron chi connectivity index (χ4n) is 6.41. The van der Waals surface area contributed by atoms with Crippen LogP contribution in [-0.2, 0) is 29.0 Å². The molecule has 208 valence electrons. The summed E-state index contributed by atoms with van der Waals surface area (Å²) >= 11 is 0. The quantitative estimate of drug-likeness (QED) is 0.462. The van der Waals surface area contributed by atoms with Crippen LogP contribution < -0.4 is 4.74 Å². The van der Waals surface area contributed by atoms with Crippen LogP contribution in [-0.4, -0.2) is 64.5 Å². The van der Waals surface area contributed by atoms with E-state index in [2.05, 4.69) is 29.7 Å². The van der Waals surface area contributed by atoms with Crippen molar-refractivity contribution in [3.05, 3.63) is 59.9 Å². The molecule has 0 saturated carbocycles. The maximum absolute atomic E-state index is 13.8. The van der Waals surface area contributed by atoms with Gasteiger partial charge < -0.3 is 19.1 Å². The highest BCUT2D eigenvalue weighted by atomic mass is 16.5. The van der Waals surface area contributed by atoms with Crippen molar-refractivity contribution in [3.8, 4) is 5.75 Å². The van der Waals surface area contributed by atoms with Crippen LogP contribution in [0.5, 0.6) is 5.75 Å². The number of benzene rings is 2. The van der Waals surface area contributed by atoms with Gasteiger partial charge >= 0.3 is 0 Å². The number of hydrogen-bond acceptors (Lipinski definition) is 4. The lowest BCUT2D eigenvalue weighted by Crippen LogP contribution is -2.51. The Hall–Kier alpha value is -3.35. The first-order chi connectivity index (χ1) is 19.0. The van der Waals surface area contributed by atoms with Crippen molar-refractivity contribution in [2.45, 2.75) is 71.3 Å². The predicted octanol–water partition coefficient (Wildman–Crippen LogP) is 5.25. The maximum atomic E-state index is 13.8. The van der Waals surface area contributed by atoms with E-state index >= 15 is 0 Å². The second-order valence-electron chi connectivity index (χ2n) is 11.2. The van der Waals surface area contributed by atoms with Gasteiger partial charge in [-0.25, -0.2) is 4.98 Å². The number of aryl methyl sites for hydroxylation is 3. The molecule has 2 aromatic carbocycles. The van der Waals surface area contributed by atoms with Crippen LogP contribution in [0.4, 0.5) is 0 Å². The van der Waals surface area contributed by atoms with Gasteiger partial charge in [-0.2, -0.15) is 0 Å². The summed E-state index contributed by atoms with van der Waals surface area (Å²) in [5.41, 5.74) is 2.97. The molecule has 2 aliphatic heterocycles. The van der Waals surface area contributed by atoms with Gasteiger partial charge in [0.25, 0.3) is 0 Å². The number of para-hydroxylation sites is 3. The summed E-state index contributed by atoms with van der Waals surface area (Å²) in [7, 11) is 1.90. The van der Waals surface area contributed by atoms with E-state index in [0.717, 1.165) is 74.1 Å². The number of likely N-dealkylation sites (N-methyl/N-ethyl adjacent to an activating group) is 1. The number of carbonyl (C=O) groups is 2. The average molecular weight is 531 g/mol. The van der Waals surface area contributed by atoms with E-state index in [1.54, 1.807) is 0 Å². The van der Waals surface area contributed by atoms with E-state index < -0.39 is 0 Å². The van der Waals surface area contributed by atoms with Gasteiger partial charge in [-0.15, -0.1) is 0 Å². The zero-order valence-electron chi connectivity index (χ0n) is 23.5. The summed E-state index contributed by atoms with van der Waals surface area (Å²) in [5, 5.41) is 0. The van der Waals surface area contributed by atoms with E-state index in [9.17, 15) is 9.59 Å². The van der Waals surface area contributed by atoms with Crippen LogP contribution in [0, 0.1) is 5.41 Å². The lowest BCUT2D eigenvalue weighted by Gasteiger charge is -2.42. The summed E-state index contributed by atoms with van der Waals surface area (Å²) in [5.74, 6) is 2.28. The van der Waals surface area contributed by atoms with Crippen LogP contribution in [0.1, 0.15) is 63.3 Å². The van der Waals surface area contributed by atoms with Crippen molar-refractivity contribution < 1.29 is 14.3 Å². The van der Waals surface area contributed by atoms with Crippen LogP contribution in [0.3, 0.4) is 0 Å². The molecule has 1 aromatic heterocycles. The molecule has 3 aromatic rings. The number of fused-ring (bicyclic) bond motifs is 2. The van der Waals surface area contributed by atoms with Gasteiger partial charge in [0.1, 0.15) is 18.2 Å². The topological polar surface area (TPSA) is 67.7 Å². The van der Waals surface area contributed by atoms with Crippen molar-refractivity contribution in [1.82, 2.24) is 19.4 Å². The number of imidazole rings is 1. The Morgan fingerprint density at radius 2 is 1.74 bits per heavy atom. The molecule has 5 rings (SSSR count). The van der Waals surface area contributed by atoms with Crippen LogP contribution in [0.25, 0.3) is 11.0 Å². The van der Waals surface area contributed by atoms with Gasteiger partial charge in [0.15, 0.2) is 0 Å². The zero-order valence-corrected chi connectivity index (χ0v) is 23.5.